The van der Waals surface area contributed by atoms with Gasteiger partial charge in [0.1, 0.15) is 22.9 Å². The number of pyridine rings is 1. The first-order valence-corrected chi connectivity index (χ1v) is 19.1. The third-order valence-corrected chi connectivity index (χ3v) is 12.1. The molecule has 1 atom stereocenters. The first kappa shape index (κ1) is 34.4. The lowest BCUT2D eigenvalue weighted by Crippen LogP contribution is -2.60. The molecule has 0 bridgehead atoms. The van der Waals surface area contributed by atoms with Crippen molar-refractivity contribution in [2.45, 2.75) is 64.0 Å². The molecule has 1 saturated carbocycles. The van der Waals surface area contributed by atoms with Crippen molar-refractivity contribution in [2.24, 2.45) is 5.41 Å². The molecule has 0 amide bonds. The van der Waals surface area contributed by atoms with E-state index in [9.17, 15) is 4.79 Å². The number of nitrogens with one attached hydrogen (secondary N) is 1. The van der Waals surface area contributed by atoms with Gasteiger partial charge in [-0.25, -0.2) is 4.98 Å². The Morgan fingerprint density at radius 2 is 1.75 bits per heavy atom. The van der Waals surface area contributed by atoms with E-state index in [1.54, 1.807) is 13.3 Å². The van der Waals surface area contributed by atoms with E-state index in [1.165, 1.54) is 42.4 Å². The van der Waals surface area contributed by atoms with Gasteiger partial charge in [0, 0.05) is 74.7 Å². The topological polar surface area (TPSA) is 73.9 Å². The summed E-state index contributed by atoms with van der Waals surface area (Å²) in [5, 5.41) is 0.975. The average Bonchev–Trinajstić information content (AvgIpc) is 3.64. The fraction of sp³-hybridized carbons (Fsp3) is 0.409. The molecule has 8 rings (SSSR count). The number of piperidine rings is 1. The molecule has 8 heteroatoms. The average molecular weight is 698 g/mol. The number of hydrogen-bond donors (Lipinski definition) is 1. The van der Waals surface area contributed by atoms with Crippen LogP contribution in [-0.2, 0) is 6.42 Å². The van der Waals surface area contributed by atoms with Gasteiger partial charge < -0.3 is 19.4 Å². The predicted molar refractivity (Wildman–Crippen MR) is 208 cm³/mol. The van der Waals surface area contributed by atoms with Gasteiger partial charge in [0.2, 0.25) is 0 Å². The highest BCUT2D eigenvalue weighted by molar-refractivity contribution is 5.81. The number of benzene rings is 3. The normalized spacial score (nSPS) is 19.6. The van der Waals surface area contributed by atoms with E-state index in [4.69, 9.17) is 9.47 Å². The molecule has 0 radical (unpaired) electrons. The summed E-state index contributed by atoms with van der Waals surface area (Å²) in [6, 6.07) is 28.7. The van der Waals surface area contributed by atoms with Crippen molar-refractivity contribution >= 4 is 23.0 Å². The minimum atomic E-state index is 0.411. The van der Waals surface area contributed by atoms with E-state index in [0.29, 0.717) is 40.5 Å². The minimum absolute atomic E-state index is 0.411. The zero-order valence-electron chi connectivity index (χ0n) is 30.8. The van der Waals surface area contributed by atoms with Crippen molar-refractivity contribution in [1.29, 1.82) is 0 Å². The van der Waals surface area contributed by atoms with Crippen molar-refractivity contribution in [1.82, 2.24) is 19.8 Å². The Balaban J connectivity index is 0.923. The summed E-state index contributed by atoms with van der Waals surface area (Å²) >= 11 is 0. The summed E-state index contributed by atoms with van der Waals surface area (Å²) in [6.45, 7) is 11.1. The van der Waals surface area contributed by atoms with Gasteiger partial charge in [-0.05, 0) is 96.5 Å². The number of carbonyl (C=O) groups excluding carboxylic acids is 1. The molecule has 1 unspecified atom stereocenters. The summed E-state index contributed by atoms with van der Waals surface area (Å²) in [6.07, 6.45) is 10.4. The maximum atomic E-state index is 11.9. The number of methoxy groups -OCH3 is 1. The maximum Gasteiger partial charge on any atom is 0.153 e. The number of anilines is 1. The SMILES string of the molecule is COc1ccc(CCN2CCN(C3CC4(CCN(c5ccc(C=O)c(Oc6cnc7[nH]ccc7c6)c5)CC4)C3)C(c3ccccc3C(C)C)C2)cc1. The van der Waals surface area contributed by atoms with Crippen molar-refractivity contribution in [3.63, 3.8) is 0 Å². The van der Waals surface area contributed by atoms with Crippen LogP contribution in [0, 0.1) is 5.41 Å². The third kappa shape index (κ3) is 7.06. The van der Waals surface area contributed by atoms with Crippen molar-refractivity contribution in [3.05, 3.63) is 114 Å². The lowest BCUT2D eigenvalue weighted by Gasteiger charge is -2.58. The molecule has 2 saturated heterocycles. The first-order valence-electron chi connectivity index (χ1n) is 19.1. The molecule has 3 aromatic carbocycles. The quantitative estimate of drug-likeness (QED) is 0.139. The number of fused-ring (bicyclic) bond motifs is 1. The Bertz CT molecular complexity index is 1990. The van der Waals surface area contributed by atoms with Crippen LogP contribution in [0.2, 0.25) is 0 Å². The van der Waals surface area contributed by atoms with E-state index in [2.05, 4.69) is 93.1 Å². The minimum Gasteiger partial charge on any atom is -0.497 e. The molecule has 270 valence electrons. The number of rotatable bonds is 11. The first-order chi connectivity index (χ1) is 25.4. The second-order valence-corrected chi connectivity index (χ2v) is 15.5. The zero-order chi connectivity index (χ0) is 35.7. The van der Waals surface area contributed by atoms with Crippen LogP contribution in [0.3, 0.4) is 0 Å². The number of carbonyl (C=O) groups is 1. The smallest absolute Gasteiger partial charge is 0.153 e. The van der Waals surface area contributed by atoms with Crippen LogP contribution in [0.25, 0.3) is 11.0 Å². The van der Waals surface area contributed by atoms with E-state index in [0.717, 1.165) is 74.4 Å². The molecule has 1 N–H and O–H groups in total. The van der Waals surface area contributed by atoms with E-state index in [-0.39, 0.29) is 0 Å². The number of nitrogens with zero attached hydrogens (tertiary/aromatic N) is 4. The maximum absolute atomic E-state index is 11.9. The fourth-order valence-electron chi connectivity index (χ4n) is 9.02. The molecular weight excluding hydrogens is 647 g/mol. The van der Waals surface area contributed by atoms with Gasteiger partial charge in [0.05, 0.1) is 18.9 Å². The number of H-pyrrole nitrogens is 1. The summed E-state index contributed by atoms with van der Waals surface area (Å²) in [7, 11) is 1.73. The van der Waals surface area contributed by atoms with Gasteiger partial charge in [-0.1, -0.05) is 50.2 Å². The van der Waals surface area contributed by atoms with Crippen LogP contribution >= 0.6 is 0 Å². The number of hydrogen-bond acceptors (Lipinski definition) is 7. The number of aromatic nitrogens is 2. The Hall–Kier alpha value is -4.66. The standard InChI is InChI=1S/C44H51N5O3/c1-31(2)39-6-4-5-7-40(39)41-29-47(19-15-32-8-12-37(51-3)13-9-32)22-23-49(41)36-26-44(27-36)16-20-48(21-17-44)35-11-10-34(30-50)42(25-35)52-38-24-33-14-18-45-43(33)46-28-38/h4-14,18,24-25,28,30-31,36,41H,15-17,19-23,26-27,29H2,1-3H3,(H,45,46). The fourth-order valence-corrected chi connectivity index (χ4v) is 9.02. The number of aldehydes is 1. The summed E-state index contributed by atoms with van der Waals surface area (Å²) in [5.74, 6) is 2.61. The third-order valence-electron chi connectivity index (χ3n) is 12.1. The molecule has 8 nitrogen and oxygen atoms in total. The van der Waals surface area contributed by atoms with Gasteiger partial charge in [-0.15, -0.1) is 0 Å². The second kappa shape index (κ2) is 14.8. The molecule has 4 heterocycles. The monoisotopic (exact) mass is 697 g/mol. The largest absolute Gasteiger partial charge is 0.497 e. The number of piperazine rings is 1. The van der Waals surface area contributed by atoms with Gasteiger partial charge >= 0.3 is 0 Å². The molecule has 3 aliphatic rings. The van der Waals surface area contributed by atoms with Crippen LogP contribution in [0.4, 0.5) is 5.69 Å². The van der Waals surface area contributed by atoms with Gasteiger partial charge in [-0.3, -0.25) is 14.6 Å². The van der Waals surface area contributed by atoms with Crippen LogP contribution in [0.5, 0.6) is 17.2 Å². The van der Waals surface area contributed by atoms with Crippen LogP contribution in [0.15, 0.2) is 91.3 Å². The van der Waals surface area contributed by atoms with Crippen LogP contribution < -0.4 is 14.4 Å². The van der Waals surface area contributed by atoms with E-state index in [1.807, 2.05) is 30.5 Å². The molecule has 2 aromatic heterocycles. The lowest BCUT2D eigenvalue weighted by atomic mass is 9.59. The zero-order valence-corrected chi connectivity index (χ0v) is 30.8. The Morgan fingerprint density at radius 1 is 0.942 bits per heavy atom. The number of aromatic amines is 1. The highest BCUT2D eigenvalue weighted by Crippen LogP contribution is 2.53. The molecule has 3 fully saturated rings. The molecular formula is C44H51N5O3. The number of ether oxygens (including phenoxy) is 2. The molecule has 52 heavy (non-hydrogen) atoms. The molecule has 5 aromatic rings. The molecule has 1 spiro atoms. The Labute approximate surface area is 307 Å². The van der Waals surface area contributed by atoms with Crippen molar-refractivity contribution < 1.29 is 14.3 Å². The summed E-state index contributed by atoms with van der Waals surface area (Å²) < 4.78 is 11.6. The predicted octanol–water partition coefficient (Wildman–Crippen LogP) is 8.65. The van der Waals surface area contributed by atoms with Gasteiger partial charge in [0.25, 0.3) is 0 Å². The van der Waals surface area contributed by atoms with Crippen molar-refractivity contribution in [3.8, 4) is 17.2 Å². The van der Waals surface area contributed by atoms with E-state index >= 15 is 0 Å². The van der Waals surface area contributed by atoms with Gasteiger partial charge in [0.15, 0.2) is 6.29 Å². The molecule has 2 aliphatic heterocycles. The Kier molecular flexibility index (Phi) is 9.77. The molecule has 1 aliphatic carbocycles. The van der Waals surface area contributed by atoms with Crippen LogP contribution in [-0.4, -0.2) is 78.5 Å². The van der Waals surface area contributed by atoms with Crippen LogP contribution in [0.1, 0.15) is 78.5 Å². The highest BCUT2D eigenvalue weighted by Gasteiger charge is 2.50. The summed E-state index contributed by atoms with van der Waals surface area (Å²) in [5.41, 5.74) is 7.25. The second-order valence-electron chi connectivity index (χ2n) is 15.5. The van der Waals surface area contributed by atoms with Gasteiger partial charge in [-0.2, -0.15) is 0 Å². The Morgan fingerprint density at radius 3 is 2.52 bits per heavy atom. The highest BCUT2D eigenvalue weighted by atomic mass is 16.5. The lowest BCUT2D eigenvalue weighted by molar-refractivity contribution is -0.0615. The summed E-state index contributed by atoms with van der Waals surface area (Å²) in [4.78, 5) is 27.5. The van der Waals surface area contributed by atoms with Crippen molar-refractivity contribution in [2.75, 3.05) is 51.3 Å². The van der Waals surface area contributed by atoms with E-state index < -0.39 is 0 Å².